The Hall–Kier alpha value is -2.08. The third kappa shape index (κ3) is 6.23. The van der Waals surface area contributed by atoms with Crippen LogP contribution in [0.15, 0.2) is 29.4 Å². The first kappa shape index (κ1) is 20.6. The Bertz CT molecular complexity index is 748. The average Bonchev–Trinajstić information content (AvgIpc) is 3.12. The summed E-state index contributed by atoms with van der Waals surface area (Å²) in [6, 6.07) is 4.87. The second kappa shape index (κ2) is 11.1. The number of rotatable bonds is 9. The SMILES string of the molecule is CN=C(NCCCCCN1CCCCC1)NCCc1c[nH]c2ccc(F)cc12. The summed E-state index contributed by atoms with van der Waals surface area (Å²) < 4.78 is 13.5. The van der Waals surface area contributed by atoms with Crippen LogP contribution in [0.25, 0.3) is 10.9 Å². The van der Waals surface area contributed by atoms with Crippen molar-refractivity contribution in [3.05, 3.63) is 35.8 Å². The van der Waals surface area contributed by atoms with Crippen molar-refractivity contribution in [2.45, 2.75) is 44.9 Å². The summed E-state index contributed by atoms with van der Waals surface area (Å²) >= 11 is 0. The van der Waals surface area contributed by atoms with Crippen LogP contribution in [0, 0.1) is 5.82 Å². The summed E-state index contributed by atoms with van der Waals surface area (Å²) in [5.41, 5.74) is 2.10. The lowest BCUT2D eigenvalue weighted by Crippen LogP contribution is -2.38. The van der Waals surface area contributed by atoms with Crippen molar-refractivity contribution in [1.29, 1.82) is 0 Å². The summed E-state index contributed by atoms with van der Waals surface area (Å²) in [6.07, 6.45) is 10.6. The van der Waals surface area contributed by atoms with E-state index >= 15 is 0 Å². The Balaban J connectivity index is 1.29. The van der Waals surface area contributed by atoms with Gasteiger partial charge in [-0.2, -0.15) is 0 Å². The number of unbranched alkanes of at least 4 members (excludes halogenated alkanes) is 2. The molecule has 2 aromatic rings. The molecule has 0 atom stereocenters. The van der Waals surface area contributed by atoms with E-state index < -0.39 is 0 Å². The van der Waals surface area contributed by atoms with Crippen molar-refractivity contribution >= 4 is 16.9 Å². The predicted octanol–water partition coefficient (Wildman–Crippen LogP) is 3.67. The second-order valence-corrected chi connectivity index (χ2v) is 7.64. The summed E-state index contributed by atoms with van der Waals surface area (Å²) in [5.74, 6) is 0.640. The summed E-state index contributed by atoms with van der Waals surface area (Å²) in [5, 5.41) is 7.70. The van der Waals surface area contributed by atoms with Gasteiger partial charge in [0.05, 0.1) is 0 Å². The molecule has 0 unspecified atom stereocenters. The molecule has 1 aromatic heterocycles. The molecule has 1 aliphatic rings. The molecule has 3 N–H and O–H groups in total. The van der Waals surface area contributed by atoms with E-state index in [1.54, 1.807) is 19.2 Å². The summed E-state index contributed by atoms with van der Waals surface area (Å²) in [4.78, 5) is 10.1. The van der Waals surface area contributed by atoms with Crippen molar-refractivity contribution in [2.24, 2.45) is 4.99 Å². The van der Waals surface area contributed by atoms with E-state index in [4.69, 9.17) is 0 Å². The molecular weight excluding hydrogens is 353 g/mol. The van der Waals surface area contributed by atoms with E-state index in [2.05, 4.69) is 25.5 Å². The number of H-pyrrole nitrogens is 1. The van der Waals surface area contributed by atoms with Gasteiger partial charge in [0.25, 0.3) is 0 Å². The normalized spacial score (nSPS) is 15.9. The van der Waals surface area contributed by atoms with Crippen LogP contribution < -0.4 is 10.6 Å². The fourth-order valence-electron chi connectivity index (χ4n) is 3.92. The van der Waals surface area contributed by atoms with Crippen LogP contribution in [0.2, 0.25) is 0 Å². The first-order valence-corrected chi connectivity index (χ1v) is 10.7. The highest BCUT2D eigenvalue weighted by Gasteiger charge is 2.09. The first-order valence-electron chi connectivity index (χ1n) is 10.7. The highest BCUT2D eigenvalue weighted by Crippen LogP contribution is 2.19. The Morgan fingerprint density at radius 3 is 2.75 bits per heavy atom. The zero-order chi connectivity index (χ0) is 19.6. The average molecular weight is 388 g/mol. The molecule has 1 aromatic carbocycles. The van der Waals surface area contributed by atoms with Gasteiger partial charge in [0.1, 0.15) is 5.82 Å². The number of piperidine rings is 1. The minimum Gasteiger partial charge on any atom is -0.361 e. The van der Waals surface area contributed by atoms with E-state index in [1.165, 1.54) is 57.8 Å². The van der Waals surface area contributed by atoms with E-state index in [0.29, 0.717) is 0 Å². The van der Waals surface area contributed by atoms with Crippen LogP contribution in [0.1, 0.15) is 44.1 Å². The standard InChI is InChI=1S/C22H34FN5/c1-24-22(25-11-4-2-5-13-28-14-6-3-7-15-28)26-12-10-18-17-27-21-9-8-19(23)16-20(18)21/h8-9,16-17,27H,2-7,10-15H2,1H3,(H2,24,25,26). The molecule has 5 nitrogen and oxygen atoms in total. The van der Waals surface area contributed by atoms with Crippen LogP contribution in [-0.4, -0.2) is 55.6 Å². The van der Waals surface area contributed by atoms with Gasteiger partial charge in [0.2, 0.25) is 0 Å². The van der Waals surface area contributed by atoms with Crippen LogP contribution in [0.5, 0.6) is 0 Å². The number of guanidine groups is 1. The highest BCUT2D eigenvalue weighted by molar-refractivity contribution is 5.83. The minimum absolute atomic E-state index is 0.195. The second-order valence-electron chi connectivity index (χ2n) is 7.64. The molecule has 1 saturated heterocycles. The molecule has 3 rings (SSSR count). The molecule has 0 aliphatic carbocycles. The molecule has 154 valence electrons. The van der Waals surface area contributed by atoms with Gasteiger partial charge in [0, 0.05) is 37.2 Å². The number of aliphatic imine (C=N–C) groups is 1. The van der Waals surface area contributed by atoms with Gasteiger partial charge < -0.3 is 20.5 Å². The van der Waals surface area contributed by atoms with Crippen molar-refractivity contribution in [1.82, 2.24) is 20.5 Å². The third-order valence-electron chi connectivity index (χ3n) is 5.53. The van der Waals surface area contributed by atoms with Crippen LogP contribution in [-0.2, 0) is 6.42 Å². The van der Waals surface area contributed by atoms with Crippen molar-refractivity contribution in [3.8, 4) is 0 Å². The molecule has 28 heavy (non-hydrogen) atoms. The zero-order valence-corrected chi connectivity index (χ0v) is 17.1. The maximum Gasteiger partial charge on any atom is 0.190 e. The topological polar surface area (TPSA) is 55.5 Å². The van der Waals surface area contributed by atoms with Gasteiger partial charge in [-0.15, -0.1) is 0 Å². The third-order valence-corrected chi connectivity index (χ3v) is 5.53. The van der Waals surface area contributed by atoms with E-state index in [9.17, 15) is 4.39 Å². The number of hydrogen-bond donors (Lipinski definition) is 3. The van der Waals surface area contributed by atoms with Crippen LogP contribution >= 0.6 is 0 Å². The number of nitrogens with zero attached hydrogens (tertiary/aromatic N) is 2. The maximum absolute atomic E-state index is 13.5. The van der Waals surface area contributed by atoms with Crippen molar-refractivity contribution in [2.75, 3.05) is 39.8 Å². The van der Waals surface area contributed by atoms with Gasteiger partial charge in [-0.1, -0.05) is 12.8 Å². The van der Waals surface area contributed by atoms with Crippen molar-refractivity contribution < 1.29 is 4.39 Å². The Morgan fingerprint density at radius 2 is 1.93 bits per heavy atom. The lowest BCUT2D eigenvalue weighted by atomic mass is 10.1. The molecule has 2 heterocycles. The number of aromatic nitrogens is 1. The lowest BCUT2D eigenvalue weighted by Gasteiger charge is -2.26. The van der Waals surface area contributed by atoms with Gasteiger partial charge in [0.15, 0.2) is 5.96 Å². The van der Waals surface area contributed by atoms with E-state index in [0.717, 1.165) is 48.4 Å². The van der Waals surface area contributed by atoms with Gasteiger partial charge in [-0.05, 0) is 75.5 Å². The molecule has 0 saturated carbocycles. The largest absolute Gasteiger partial charge is 0.361 e. The number of fused-ring (bicyclic) bond motifs is 1. The number of benzene rings is 1. The van der Waals surface area contributed by atoms with Crippen LogP contribution in [0.4, 0.5) is 4.39 Å². The minimum atomic E-state index is -0.195. The fourth-order valence-corrected chi connectivity index (χ4v) is 3.92. The van der Waals surface area contributed by atoms with E-state index in [-0.39, 0.29) is 5.82 Å². The van der Waals surface area contributed by atoms with Gasteiger partial charge in [-0.3, -0.25) is 4.99 Å². The van der Waals surface area contributed by atoms with Crippen LogP contribution in [0.3, 0.4) is 0 Å². The molecule has 0 amide bonds. The number of hydrogen-bond acceptors (Lipinski definition) is 2. The molecule has 0 spiro atoms. The molecule has 6 heteroatoms. The summed E-state index contributed by atoms with van der Waals surface area (Å²) in [6.45, 7) is 5.53. The quantitative estimate of drug-likeness (QED) is 0.350. The predicted molar refractivity (Wildman–Crippen MR) is 115 cm³/mol. The molecule has 1 aliphatic heterocycles. The van der Waals surface area contributed by atoms with Gasteiger partial charge >= 0.3 is 0 Å². The van der Waals surface area contributed by atoms with Crippen molar-refractivity contribution in [3.63, 3.8) is 0 Å². The number of halogens is 1. The smallest absolute Gasteiger partial charge is 0.190 e. The Labute approximate surface area is 167 Å². The number of aromatic amines is 1. The Kier molecular flexibility index (Phi) is 8.15. The monoisotopic (exact) mass is 387 g/mol. The molecular formula is C22H34FN5. The highest BCUT2D eigenvalue weighted by atomic mass is 19.1. The Morgan fingerprint density at radius 1 is 1.11 bits per heavy atom. The number of likely N-dealkylation sites (tertiary alicyclic amines) is 1. The number of nitrogens with one attached hydrogen (secondary N) is 3. The molecule has 0 radical (unpaired) electrons. The van der Waals surface area contributed by atoms with Gasteiger partial charge in [-0.25, -0.2) is 4.39 Å². The summed E-state index contributed by atoms with van der Waals surface area (Å²) in [7, 11) is 1.80. The van der Waals surface area contributed by atoms with E-state index in [1.807, 2.05) is 6.20 Å². The molecule has 0 bridgehead atoms. The maximum atomic E-state index is 13.5. The zero-order valence-electron chi connectivity index (χ0n) is 17.1. The lowest BCUT2D eigenvalue weighted by molar-refractivity contribution is 0.224. The fraction of sp³-hybridized carbons (Fsp3) is 0.591. The molecule has 1 fully saturated rings. The first-order chi connectivity index (χ1) is 13.8.